The lowest BCUT2D eigenvalue weighted by Gasteiger charge is -2.35. The predicted octanol–water partition coefficient (Wildman–Crippen LogP) is 3.34. The molecular weight excluding hydrogens is 362 g/mol. The van der Waals surface area contributed by atoms with Crippen molar-refractivity contribution in [2.75, 3.05) is 32.7 Å². The van der Waals surface area contributed by atoms with E-state index in [1.807, 2.05) is 31.7 Å². The van der Waals surface area contributed by atoms with Crippen LogP contribution in [0.1, 0.15) is 53.0 Å². The van der Waals surface area contributed by atoms with Crippen molar-refractivity contribution in [2.24, 2.45) is 11.3 Å². The molecule has 0 bridgehead atoms. The van der Waals surface area contributed by atoms with Gasteiger partial charge < -0.3 is 10.2 Å². The lowest BCUT2D eigenvalue weighted by atomic mass is 9.90. The fourth-order valence-electron chi connectivity index (χ4n) is 4.14. The number of rotatable bonds is 8. The largest absolute Gasteiger partial charge is 0.354 e. The molecule has 1 aliphatic rings. The third-order valence-corrected chi connectivity index (χ3v) is 5.95. The second-order valence-corrected chi connectivity index (χ2v) is 9.13. The van der Waals surface area contributed by atoms with Gasteiger partial charge >= 0.3 is 0 Å². The molecule has 2 rings (SSSR count). The van der Waals surface area contributed by atoms with Crippen LogP contribution in [0.4, 0.5) is 0 Å². The van der Waals surface area contributed by atoms with Gasteiger partial charge in [-0.25, -0.2) is 0 Å². The molecule has 0 spiro atoms. The van der Waals surface area contributed by atoms with Crippen molar-refractivity contribution in [3.8, 4) is 0 Å². The van der Waals surface area contributed by atoms with Crippen LogP contribution in [0.3, 0.4) is 0 Å². The van der Waals surface area contributed by atoms with Crippen LogP contribution in [-0.2, 0) is 16.0 Å². The highest BCUT2D eigenvalue weighted by Gasteiger charge is 2.32. The maximum Gasteiger partial charge on any atom is 0.227 e. The van der Waals surface area contributed by atoms with Gasteiger partial charge in [0, 0.05) is 37.0 Å². The van der Waals surface area contributed by atoms with Crippen LogP contribution in [-0.4, -0.2) is 60.4 Å². The van der Waals surface area contributed by atoms with Gasteiger partial charge in [-0.2, -0.15) is 0 Å². The van der Waals surface area contributed by atoms with E-state index in [2.05, 4.69) is 48.3 Å². The van der Waals surface area contributed by atoms with Crippen LogP contribution in [0.25, 0.3) is 0 Å². The zero-order chi connectivity index (χ0) is 21.4. The van der Waals surface area contributed by atoms with Crippen molar-refractivity contribution in [3.05, 3.63) is 35.9 Å². The highest BCUT2D eigenvalue weighted by atomic mass is 16.2. The summed E-state index contributed by atoms with van der Waals surface area (Å²) < 4.78 is 0. The Kier molecular flexibility index (Phi) is 8.69. The van der Waals surface area contributed by atoms with E-state index in [1.165, 1.54) is 5.56 Å². The topological polar surface area (TPSA) is 52.7 Å². The number of likely N-dealkylation sites (N-methyl/N-ethyl adjacent to an activating group) is 1. The molecule has 29 heavy (non-hydrogen) atoms. The third-order valence-electron chi connectivity index (χ3n) is 5.95. The smallest absolute Gasteiger partial charge is 0.227 e. The van der Waals surface area contributed by atoms with E-state index in [0.29, 0.717) is 25.7 Å². The first kappa shape index (κ1) is 23.4. The third kappa shape index (κ3) is 6.84. The molecule has 1 N–H and O–H groups in total. The number of piperidine rings is 1. The van der Waals surface area contributed by atoms with Gasteiger partial charge in [0.05, 0.1) is 0 Å². The van der Waals surface area contributed by atoms with Gasteiger partial charge in [0.15, 0.2) is 0 Å². The van der Waals surface area contributed by atoms with Gasteiger partial charge in [-0.1, -0.05) is 65.0 Å². The molecule has 1 aromatic carbocycles. The number of nitrogens with one attached hydrogen (secondary N) is 1. The first-order valence-electron chi connectivity index (χ1n) is 11.1. The van der Waals surface area contributed by atoms with E-state index >= 15 is 0 Å². The van der Waals surface area contributed by atoms with Gasteiger partial charge in [0.1, 0.15) is 0 Å². The Morgan fingerprint density at radius 1 is 1.10 bits per heavy atom. The van der Waals surface area contributed by atoms with Crippen LogP contribution in [0.15, 0.2) is 30.3 Å². The molecule has 1 fully saturated rings. The number of carbonyl (C=O) groups excluding carboxylic acids is 2. The Hall–Kier alpha value is -1.88. The Morgan fingerprint density at radius 3 is 2.21 bits per heavy atom. The molecule has 5 nitrogen and oxygen atoms in total. The summed E-state index contributed by atoms with van der Waals surface area (Å²) in [5.74, 6) is 0.326. The standard InChI is InChI=1S/C24H39N3O2/c1-6-26(7-2)21(17-19-11-9-8-10-12-19)18-25-22(28)20-13-15-27(16-14-20)23(29)24(3,4)5/h8-12,20-21H,6-7,13-18H2,1-5H3,(H,25,28). The number of nitrogens with zero attached hydrogens (tertiary/aromatic N) is 2. The lowest BCUT2D eigenvalue weighted by molar-refractivity contribution is -0.142. The van der Waals surface area contributed by atoms with Crippen molar-refractivity contribution in [3.63, 3.8) is 0 Å². The van der Waals surface area contributed by atoms with Crippen molar-refractivity contribution < 1.29 is 9.59 Å². The summed E-state index contributed by atoms with van der Waals surface area (Å²) in [4.78, 5) is 29.6. The van der Waals surface area contributed by atoms with Gasteiger partial charge in [-0.15, -0.1) is 0 Å². The van der Waals surface area contributed by atoms with Crippen molar-refractivity contribution in [2.45, 2.75) is 59.9 Å². The first-order chi connectivity index (χ1) is 13.8. The monoisotopic (exact) mass is 401 g/mol. The summed E-state index contributed by atoms with van der Waals surface area (Å²) in [7, 11) is 0. The minimum absolute atomic E-state index is 0.00750. The maximum atomic E-state index is 12.8. The zero-order valence-electron chi connectivity index (χ0n) is 18.9. The number of carbonyl (C=O) groups is 2. The molecule has 1 aliphatic heterocycles. The van der Waals surface area contributed by atoms with Gasteiger partial charge in [-0.05, 0) is 37.9 Å². The number of hydrogen-bond donors (Lipinski definition) is 1. The summed E-state index contributed by atoms with van der Waals surface area (Å²) >= 11 is 0. The summed E-state index contributed by atoms with van der Waals surface area (Å²) in [6.07, 6.45) is 2.44. The van der Waals surface area contributed by atoms with Crippen LogP contribution >= 0.6 is 0 Å². The Morgan fingerprint density at radius 2 is 1.69 bits per heavy atom. The van der Waals surface area contributed by atoms with Crippen molar-refractivity contribution in [1.82, 2.24) is 15.1 Å². The molecule has 0 aromatic heterocycles. The molecule has 0 saturated carbocycles. The van der Waals surface area contributed by atoms with E-state index < -0.39 is 0 Å². The summed E-state index contributed by atoms with van der Waals surface area (Å²) in [5.41, 5.74) is 0.941. The van der Waals surface area contributed by atoms with Crippen LogP contribution in [0.5, 0.6) is 0 Å². The van der Waals surface area contributed by atoms with Crippen LogP contribution in [0.2, 0.25) is 0 Å². The zero-order valence-corrected chi connectivity index (χ0v) is 18.9. The van der Waals surface area contributed by atoms with Crippen molar-refractivity contribution >= 4 is 11.8 Å². The SMILES string of the molecule is CCN(CC)C(CNC(=O)C1CCN(C(=O)C(C)(C)C)CC1)Cc1ccccc1. The Labute approximate surface area is 176 Å². The normalized spacial score (nSPS) is 16.7. The molecule has 162 valence electrons. The molecule has 1 heterocycles. The van der Waals surface area contributed by atoms with Gasteiger partial charge in [0.25, 0.3) is 0 Å². The minimum Gasteiger partial charge on any atom is -0.354 e. The number of likely N-dealkylation sites (tertiary alicyclic amines) is 1. The summed E-state index contributed by atoms with van der Waals surface area (Å²) in [6, 6.07) is 10.8. The fourth-order valence-corrected chi connectivity index (χ4v) is 4.14. The molecule has 1 atom stereocenters. The maximum absolute atomic E-state index is 12.8. The summed E-state index contributed by atoms with van der Waals surface area (Å²) in [5, 5.41) is 3.21. The molecular formula is C24H39N3O2. The van der Waals surface area contributed by atoms with Gasteiger partial charge in [-0.3, -0.25) is 14.5 Å². The summed E-state index contributed by atoms with van der Waals surface area (Å²) in [6.45, 7) is 14.2. The molecule has 1 saturated heterocycles. The molecule has 0 radical (unpaired) electrons. The lowest BCUT2D eigenvalue weighted by Crippen LogP contribution is -2.49. The van der Waals surface area contributed by atoms with E-state index in [4.69, 9.17) is 0 Å². The molecule has 0 aliphatic carbocycles. The molecule has 1 unspecified atom stereocenters. The minimum atomic E-state index is -0.358. The average molecular weight is 402 g/mol. The number of hydrogen-bond acceptors (Lipinski definition) is 3. The van der Waals surface area contributed by atoms with Crippen molar-refractivity contribution in [1.29, 1.82) is 0 Å². The van der Waals surface area contributed by atoms with Crippen LogP contribution in [0, 0.1) is 11.3 Å². The molecule has 2 amide bonds. The van der Waals surface area contributed by atoms with Gasteiger partial charge in [0.2, 0.25) is 11.8 Å². The van der Waals surface area contributed by atoms with E-state index in [1.54, 1.807) is 0 Å². The highest BCUT2D eigenvalue weighted by molar-refractivity contribution is 5.82. The predicted molar refractivity (Wildman–Crippen MR) is 119 cm³/mol. The average Bonchev–Trinajstić information content (AvgIpc) is 2.72. The Bertz CT molecular complexity index is 642. The second-order valence-electron chi connectivity index (χ2n) is 9.13. The Balaban J connectivity index is 1.89. The number of amides is 2. The fraction of sp³-hybridized carbons (Fsp3) is 0.667. The molecule has 1 aromatic rings. The van der Waals surface area contributed by atoms with E-state index in [-0.39, 0.29) is 23.1 Å². The van der Waals surface area contributed by atoms with E-state index in [9.17, 15) is 9.59 Å². The number of benzene rings is 1. The first-order valence-corrected chi connectivity index (χ1v) is 11.1. The second kappa shape index (κ2) is 10.8. The quantitative estimate of drug-likeness (QED) is 0.727. The van der Waals surface area contributed by atoms with Crippen LogP contribution < -0.4 is 5.32 Å². The highest BCUT2D eigenvalue weighted by Crippen LogP contribution is 2.23. The molecule has 5 heteroatoms. The van der Waals surface area contributed by atoms with E-state index in [0.717, 1.165) is 32.4 Å².